The van der Waals surface area contributed by atoms with Crippen molar-refractivity contribution in [2.24, 2.45) is 0 Å². The molecule has 29 heavy (non-hydrogen) atoms. The number of carbonyl (C=O) groups is 3. The Morgan fingerprint density at radius 3 is 1.76 bits per heavy atom. The van der Waals surface area contributed by atoms with E-state index in [4.69, 9.17) is 10.5 Å². The number of amides is 1. The van der Waals surface area contributed by atoms with E-state index in [9.17, 15) is 14.4 Å². The predicted octanol–water partition coefficient (Wildman–Crippen LogP) is 5.32. The first-order valence-corrected chi connectivity index (χ1v) is 9.27. The summed E-state index contributed by atoms with van der Waals surface area (Å²) in [7, 11) is 0. The Labute approximate surface area is 172 Å². The van der Waals surface area contributed by atoms with Crippen LogP contribution >= 0.6 is 0 Å². The highest BCUT2D eigenvalue weighted by atomic mass is 16.6. The zero-order valence-electron chi connectivity index (χ0n) is 18.2. The molecule has 0 unspecified atom stereocenters. The molecule has 0 aliphatic heterocycles. The van der Waals surface area contributed by atoms with Gasteiger partial charge in [-0.05, 0) is 96.0 Å². The SMILES string of the molecule is CC(=O)c1cc(C)cc(N)c1.CC(=O)c1cc(C)cc(NC(=O)OC(C)(C)C)c1. The second-order valence-electron chi connectivity index (χ2n) is 7.96. The lowest BCUT2D eigenvalue weighted by molar-refractivity contribution is 0.0635. The van der Waals surface area contributed by atoms with Crippen molar-refractivity contribution in [1.82, 2.24) is 0 Å². The van der Waals surface area contributed by atoms with Gasteiger partial charge >= 0.3 is 6.09 Å². The summed E-state index contributed by atoms with van der Waals surface area (Å²) in [5, 5.41) is 2.62. The highest BCUT2D eigenvalue weighted by Gasteiger charge is 2.16. The third kappa shape index (κ3) is 9.06. The Morgan fingerprint density at radius 2 is 1.31 bits per heavy atom. The number of carbonyl (C=O) groups excluding carboxylic acids is 3. The summed E-state index contributed by atoms with van der Waals surface area (Å²) in [5.41, 5.74) is 9.40. The smallest absolute Gasteiger partial charge is 0.412 e. The molecule has 0 spiro atoms. The van der Waals surface area contributed by atoms with Crippen molar-refractivity contribution >= 4 is 29.0 Å². The first-order valence-electron chi connectivity index (χ1n) is 9.27. The van der Waals surface area contributed by atoms with Crippen molar-refractivity contribution in [2.45, 2.75) is 54.1 Å². The van der Waals surface area contributed by atoms with Gasteiger partial charge in [0.25, 0.3) is 0 Å². The number of benzene rings is 2. The van der Waals surface area contributed by atoms with Crippen LogP contribution in [0.4, 0.5) is 16.2 Å². The molecule has 0 bridgehead atoms. The van der Waals surface area contributed by atoms with Crippen molar-refractivity contribution in [2.75, 3.05) is 11.1 Å². The van der Waals surface area contributed by atoms with Gasteiger partial charge < -0.3 is 10.5 Å². The minimum atomic E-state index is -0.544. The van der Waals surface area contributed by atoms with E-state index in [1.54, 1.807) is 45.0 Å². The minimum Gasteiger partial charge on any atom is -0.444 e. The van der Waals surface area contributed by atoms with Gasteiger partial charge in [0, 0.05) is 22.5 Å². The number of ketones is 2. The third-order valence-electron chi connectivity index (χ3n) is 3.64. The topological polar surface area (TPSA) is 98.5 Å². The number of anilines is 2. The lowest BCUT2D eigenvalue weighted by Crippen LogP contribution is -2.27. The van der Waals surface area contributed by atoms with Crippen LogP contribution in [0.25, 0.3) is 0 Å². The normalized spacial score (nSPS) is 10.4. The lowest BCUT2D eigenvalue weighted by Gasteiger charge is -2.19. The van der Waals surface area contributed by atoms with Crippen LogP contribution in [-0.4, -0.2) is 23.3 Å². The number of aryl methyl sites for hydroxylation is 2. The molecule has 1 amide bonds. The molecule has 2 rings (SSSR count). The number of hydrogen-bond acceptors (Lipinski definition) is 5. The highest BCUT2D eigenvalue weighted by molar-refractivity contribution is 5.96. The van der Waals surface area contributed by atoms with Crippen molar-refractivity contribution in [1.29, 1.82) is 0 Å². The zero-order chi connectivity index (χ0) is 22.4. The Balaban J connectivity index is 0.000000326. The summed E-state index contributed by atoms with van der Waals surface area (Å²) in [6, 6.07) is 10.6. The van der Waals surface area contributed by atoms with Gasteiger partial charge in [0.2, 0.25) is 0 Å². The average molecular weight is 399 g/mol. The molecular weight excluding hydrogens is 368 g/mol. The number of nitrogen functional groups attached to an aromatic ring is 1. The number of hydrogen-bond donors (Lipinski definition) is 2. The maximum atomic E-state index is 11.6. The molecule has 0 atom stereocenters. The fourth-order valence-corrected chi connectivity index (χ4v) is 2.50. The van der Waals surface area contributed by atoms with Gasteiger partial charge in [-0.1, -0.05) is 0 Å². The molecular formula is C23H30N2O4. The number of ether oxygens (including phenoxy) is 1. The molecule has 156 valence electrons. The number of nitrogens with two attached hydrogens (primary N) is 1. The Morgan fingerprint density at radius 1 is 0.828 bits per heavy atom. The summed E-state index contributed by atoms with van der Waals surface area (Å²) in [4.78, 5) is 33.8. The van der Waals surface area contributed by atoms with E-state index < -0.39 is 11.7 Å². The van der Waals surface area contributed by atoms with Crippen LogP contribution in [0.2, 0.25) is 0 Å². The number of rotatable bonds is 3. The lowest BCUT2D eigenvalue weighted by atomic mass is 10.1. The molecule has 0 heterocycles. The van der Waals surface area contributed by atoms with Gasteiger partial charge in [0.05, 0.1) is 0 Å². The Bertz CT molecular complexity index is 891. The van der Waals surface area contributed by atoms with E-state index >= 15 is 0 Å². The predicted molar refractivity (Wildman–Crippen MR) is 117 cm³/mol. The molecule has 0 aliphatic rings. The molecule has 0 fully saturated rings. The molecule has 6 nitrogen and oxygen atoms in total. The zero-order valence-corrected chi connectivity index (χ0v) is 18.2. The van der Waals surface area contributed by atoms with Crippen LogP contribution in [0.1, 0.15) is 66.5 Å². The van der Waals surface area contributed by atoms with Crippen LogP contribution in [0.3, 0.4) is 0 Å². The average Bonchev–Trinajstić information content (AvgIpc) is 2.51. The molecule has 0 saturated heterocycles. The van der Waals surface area contributed by atoms with Crippen LogP contribution in [0.5, 0.6) is 0 Å². The summed E-state index contributed by atoms with van der Waals surface area (Å²) >= 11 is 0. The molecule has 6 heteroatoms. The number of nitrogens with one attached hydrogen (secondary N) is 1. The second-order valence-corrected chi connectivity index (χ2v) is 7.96. The molecule has 0 aliphatic carbocycles. The maximum absolute atomic E-state index is 11.6. The van der Waals surface area contributed by atoms with Crippen molar-refractivity contribution in [3.05, 3.63) is 58.7 Å². The highest BCUT2D eigenvalue weighted by Crippen LogP contribution is 2.17. The van der Waals surface area contributed by atoms with Gasteiger partial charge in [-0.3, -0.25) is 14.9 Å². The fraction of sp³-hybridized carbons (Fsp3) is 0.348. The van der Waals surface area contributed by atoms with Gasteiger partial charge in [-0.2, -0.15) is 0 Å². The largest absolute Gasteiger partial charge is 0.444 e. The van der Waals surface area contributed by atoms with E-state index in [0.717, 1.165) is 11.1 Å². The Hall–Kier alpha value is -3.15. The second kappa shape index (κ2) is 9.87. The van der Waals surface area contributed by atoms with Crippen LogP contribution < -0.4 is 11.1 Å². The first kappa shape index (κ1) is 23.9. The number of Topliss-reactive ketones (excluding diaryl/α,β-unsaturated/α-hetero) is 2. The van der Waals surface area contributed by atoms with Gasteiger partial charge in [0.1, 0.15) is 5.60 Å². The first-order chi connectivity index (χ1) is 13.3. The summed E-state index contributed by atoms with van der Waals surface area (Å²) in [6.45, 7) is 12.2. The molecule has 0 radical (unpaired) electrons. The molecule has 2 aromatic rings. The molecule has 2 aromatic carbocycles. The van der Waals surface area contributed by atoms with E-state index in [-0.39, 0.29) is 11.6 Å². The third-order valence-corrected chi connectivity index (χ3v) is 3.64. The standard InChI is InChI=1S/C14H19NO3.C9H11NO/c1-9-6-11(10(2)16)8-12(7-9)15-13(17)18-14(3,4)5;1-6-3-8(7(2)11)5-9(10)4-6/h6-8H,1-5H3,(H,15,17);3-5H,10H2,1-2H3. The van der Waals surface area contributed by atoms with Gasteiger partial charge in [-0.15, -0.1) is 0 Å². The molecule has 3 N–H and O–H groups in total. The van der Waals surface area contributed by atoms with Crippen molar-refractivity contribution in [3.63, 3.8) is 0 Å². The van der Waals surface area contributed by atoms with Crippen molar-refractivity contribution in [3.8, 4) is 0 Å². The summed E-state index contributed by atoms with van der Waals surface area (Å²) in [5.74, 6) is 0.0198. The molecule has 0 saturated carbocycles. The van der Waals surface area contributed by atoms with Crippen LogP contribution in [0.15, 0.2) is 36.4 Å². The van der Waals surface area contributed by atoms with E-state index in [1.165, 1.54) is 13.8 Å². The van der Waals surface area contributed by atoms with E-state index in [0.29, 0.717) is 22.5 Å². The quantitative estimate of drug-likeness (QED) is 0.538. The maximum Gasteiger partial charge on any atom is 0.412 e. The summed E-state index contributed by atoms with van der Waals surface area (Å²) < 4.78 is 5.15. The fourth-order valence-electron chi connectivity index (χ4n) is 2.50. The van der Waals surface area contributed by atoms with E-state index in [1.807, 2.05) is 26.0 Å². The minimum absolute atomic E-state index is 0.0362. The van der Waals surface area contributed by atoms with Gasteiger partial charge in [0.15, 0.2) is 11.6 Å². The van der Waals surface area contributed by atoms with Gasteiger partial charge in [-0.25, -0.2) is 4.79 Å². The Kier molecular flexibility index (Phi) is 8.13. The molecule has 0 aromatic heterocycles. The van der Waals surface area contributed by atoms with Crippen LogP contribution in [-0.2, 0) is 4.74 Å². The van der Waals surface area contributed by atoms with E-state index in [2.05, 4.69) is 5.32 Å². The monoisotopic (exact) mass is 398 g/mol. The summed E-state index contributed by atoms with van der Waals surface area (Å²) in [6.07, 6.45) is -0.525. The van der Waals surface area contributed by atoms with Crippen molar-refractivity contribution < 1.29 is 19.1 Å². The van der Waals surface area contributed by atoms with Crippen LogP contribution in [0, 0.1) is 13.8 Å².